The van der Waals surface area contributed by atoms with E-state index in [1.165, 1.54) is 22.6 Å². The number of rotatable bonds is 6. The Morgan fingerprint density at radius 2 is 1.73 bits per heavy atom. The molecule has 0 atom stereocenters. The van der Waals surface area contributed by atoms with Crippen molar-refractivity contribution >= 4 is 17.4 Å². The van der Waals surface area contributed by atoms with Crippen LogP contribution in [0.2, 0.25) is 0 Å². The molecule has 0 radical (unpaired) electrons. The molecule has 1 nitrogen and oxygen atoms in total. The maximum atomic E-state index is 3.56. The Bertz CT molecular complexity index is 274. The first-order chi connectivity index (χ1) is 7.33. The summed E-state index contributed by atoms with van der Waals surface area (Å²) >= 11 is 1.89. The molecule has 84 valence electrons. The first kappa shape index (κ1) is 12.4. The molecule has 0 fully saturated rings. The van der Waals surface area contributed by atoms with E-state index in [4.69, 9.17) is 0 Å². The van der Waals surface area contributed by atoms with Crippen LogP contribution in [0.15, 0.2) is 18.2 Å². The van der Waals surface area contributed by atoms with Crippen LogP contribution in [0.1, 0.15) is 25.0 Å². The molecule has 0 aliphatic rings. The summed E-state index contributed by atoms with van der Waals surface area (Å²) in [7, 11) is 0. The highest BCUT2D eigenvalue weighted by molar-refractivity contribution is 7.98. The summed E-state index contributed by atoms with van der Waals surface area (Å²) in [5, 5.41) is 3.56. The molecule has 0 aromatic heterocycles. The van der Waals surface area contributed by atoms with Crippen molar-refractivity contribution in [1.82, 2.24) is 0 Å². The smallest absolute Gasteiger partial charge is 0.0405 e. The molecule has 0 heterocycles. The van der Waals surface area contributed by atoms with E-state index in [1.54, 1.807) is 0 Å². The summed E-state index contributed by atoms with van der Waals surface area (Å²) in [6.45, 7) is 5.49. The maximum Gasteiger partial charge on any atom is 0.0405 e. The fourth-order valence-corrected chi connectivity index (χ4v) is 2.05. The van der Waals surface area contributed by atoms with Crippen LogP contribution in [0.3, 0.4) is 0 Å². The number of para-hydroxylation sites is 1. The van der Waals surface area contributed by atoms with E-state index < -0.39 is 0 Å². The topological polar surface area (TPSA) is 12.0 Å². The number of anilines is 1. The van der Waals surface area contributed by atoms with Crippen molar-refractivity contribution in [2.45, 2.75) is 26.7 Å². The second-order valence-corrected chi connectivity index (χ2v) is 4.56. The standard InChI is InChI=1S/C13H21NS/c1-4-11-7-6-8-12(5-2)13(11)14-9-10-15-3/h6-8,14H,4-5,9-10H2,1-3H3. The highest BCUT2D eigenvalue weighted by Crippen LogP contribution is 2.22. The fraction of sp³-hybridized carbons (Fsp3) is 0.538. The molecule has 0 spiro atoms. The summed E-state index contributed by atoms with van der Waals surface area (Å²) in [5.41, 5.74) is 4.25. The lowest BCUT2D eigenvalue weighted by atomic mass is 10.0. The van der Waals surface area contributed by atoms with Gasteiger partial charge in [-0.1, -0.05) is 32.0 Å². The number of hydrogen-bond acceptors (Lipinski definition) is 2. The first-order valence-electron chi connectivity index (χ1n) is 5.67. The summed E-state index contributed by atoms with van der Waals surface area (Å²) in [4.78, 5) is 0. The van der Waals surface area contributed by atoms with Gasteiger partial charge in [0.2, 0.25) is 0 Å². The third-order valence-electron chi connectivity index (χ3n) is 2.61. The number of hydrogen-bond donors (Lipinski definition) is 1. The molecule has 1 N–H and O–H groups in total. The van der Waals surface area contributed by atoms with E-state index in [0.29, 0.717) is 0 Å². The van der Waals surface area contributed by atoms with Crippen molar-refractivity contribution < 1.29 is 0 Å². The minimum Gasteiger partial charge on any atom is -0.384 e. The zero-order valence-electron chi connectivity index (χ0n) is 9.97. The van der Waals surface area contributed by atoms with Crippen LogP contribution < -0.4 is 5.32 Å². The number of thioether (sulfide) groups is 1. The molecule has 0 aliphatic heterocycles. The Balaban J connectivity index is 2.80. The highest BCUT2D eigenvalue weighted by atomic mass is 32.2. The Kier molecular flexibility index (Phi) is 5.62. The third kappa shape index (κ3) is 3.45. The van der Waals surface area contributed by atoms with Crippen LogP contribution in [0.5, 0.6) is 0 Å². The zero-order valence-corrected chi connectivity index (χ0v) is 10.8. The van der Waals surface area contributed by atoms with Crippen molar-refractivity contribution in [3.05, 3.63) is 29.3 Å². The number of nitrogens with one attached hydrogen (secondary N) is 1. The highest BCUT2D eigenvalue weighted by Gasteiger charge is 2.04. The molecule has 0 amide bonds. The van der Waals surface area contributed by atoms with Crippen LogP contribution in [0.25, 0.3) is 0 Å². The van der Waals surface area contributed by atoms with Gasteiger partial charge in [0.15, 0.2) is 0 Å². The lowest BCUT2D eigenvalue weighted by Crippen LogP contribution is -2.08. The van der Waals surface area contributed by atoms with Crippen molar-refractivity contribution in [3.8, 4) is 0 Å². The van der Waals surface area contributed by atoms with Crippen molar-refractivity contribution in [1.29, 1.82) is 0 Å². The number of benzene rings is 1. The summed E-state index contributed by atoms with van der Waals surface area (Å²) in [6.07, 6.45) is 4.36. The van der Waals surface area contributed by atoms with Crippen LogP contribution in [0, 0.1) is 0 Å². The van der Waals surface area contributed by atoms with E-state index in [2.05, 4.69) is 43.6 Å². The zero-order chi connectivity index (χ0) is 11.1. The molecule has 0 unspecified atom stereocenters. The van der Waals surface area contributed by atoms with Gasteiger partial charge >= 0.3 is 0 Å². The molecular formula is C13H21NS. The van der Waals surface area contributed by atoms with E-state index in [1.807, 2.05) is 11.8 Å². The second-order valence-electron chi connectivity index (χ2n) is 3.58. The molecule has 1 aromatic rings. The SMILES string of the molecule is CCc1cccc(CC)c1NCCSC. The van der Waals surface area contributed by atoms with Crippen LogP contribution in [-0.2, 0) is 12.8 Å². The predicted molar refractivity (Wildman–Crippen MR) is 72.1 cm³/mol. The quantitative estimate of drug-likeness (QED) is 0.740. The van der Waals surface area contributed by atoms with Gasteiger partial charge in [0.25, 0.3) is 0 Å². The average molecular weight is 223 g/mol. The fourth-order valence-electron chi connectivity index (χ4n) is 1.75. The van der Waals surface area contributed by atoms with Gasteiger partial charge in [-0.2, -0.15) is 11.8 Å². The van der Waals surface area contributed by atoms with E-state index >= 15 is 0 Å². The predicted octanol–water partition coefficient (Wildman–Crippen LogP) is 3.59. The Labute approximate surface area is 97.7 Å². The van der Waals surface area contributed by atoms with Gasteiger partial charge in [0.05, 0.1) is 0 Å². The summed E-state index contributed by atoms with van der Waals surface area (Å²) in [5.74, 6) is 1.17. The van der Waals surface area contributed by atoms with Crippen molar-refractivity contribution in [2.24, 2.45) is 0 Å². The van der Waals surface area contributed by atoms with Crippen LogP contribution >= 0.6 is 11.8 Å². The monoisotopic (exact) mass is 223 g/mol. The molecule has 0 bridgehead atoms. The molecule has 2 heteroatoms. The summed E-state index contributed by atoms with van der Waals surface area (Å²) in [6, 6.07) is 6.61. The van der Waals surface area contributed by atoms with Gasteiger partial charge in [0.1, 0.15) is 0 Å². The summed E-state index contributed by atoms with van der Waals surface area (Å²) < 4.78 is 0. The Hall–Kier alpha value is -0.630. The normalized spacial score (nSPS) is 10.3. The molecule has 1 aromatic carbocycles. The minimum absolute atomic E-state index is 1.06. The minimum atomic E-state index is 1.06. The van der Waals surface area contributed by atoms with Crippen LogP contribution in [0.4, 0.5) is 5.69 Å². The van der Waals surface area contributed by atoms with Gasteiger partial charge in [-0.25, -0.2) is 0 Å². The van der Waals surface area contributed by atoms with E-state index in [-0.39, 0.29) is 0 Å². The van der Waals surface area contributed by atoms with Gasteiger partial charge < -0.3 is 5.32 Å². The molecule has 0 saturated carbocycles. The third-order valence-corrected chi connectivity index (χ3v) is 3.22. The van der Waals surface area contributed by atoms with Crippen molar-refractivity contribution in [2.75, 3.05) is 23.9 Å². The second kappa shape index (κ2) is 6.78. The molecule has 15 heavy (non-hydrogen) atoms. The van der Waals surface area contributed by atoms with Gasteiger partial charge in [-0.3, -0.25) is 0 Å². The van der Waals surface area contributed by atoms with Gasteiger partial charge in [0, 0.05) is 18.0 Å². The molecule has 0 saturated heterocycles. The Morgan fingerprint density at radius 1 is 1.13 bits per heavy atom. The lowest BCUT2D eigenvalue weighted by molar-refractivity contribution is 1.07. The average Bonchev–Trinajstić information content (AvgIpc) is 2.29. The van der Waals surface area contributed by atoms with Gasteiger partial charge in [-0.15, -0.1) is 0 Å². The van der Waals surface area contributed by atoms with Gasteiger partial charge in [-0.05, 0) is 30.2 Å². The molecule has 0 aliphatic carbocycles. The maximum absolute atomic E-state index is 3.56. The first-order valence-corrected chi connectivity index (χ1v) is 7.06. The largest absolute Gasteiger partial charge is 0.384 e. The molecule has 1 rings (SSSR count). The molecular weight excluding hydrogens is 202 g/mol. The van der Waals surface area contributed by atoms with E-state index in [0.717, 1.165) is 19.4 Å². The van der Waals surface area contributed by atoms with E-state index in [9.17, 15) is 0 Å². The lowest BCUT2D eigenvalue weighted by Gasteiger charge is -2.14. The van der Waals surface area contributed by atoms with Crippen molar-refractivity contribution in [3.63, 3.8) is 0 Å². The Morgan fingerprint density at radius 3 is 2.20 bits per heavy atom. The van der Waals surface area contributed by atoms with Crippen LogP contribution in [-0.4, -0.2) is 18.6 Å². The number of aryl methyl sites for hydroxylation is 2.